The summed E-state index contributed by atoms with van der Waals surface area (Å²) in [4.78, 5) is 30.4. The predicted molar refractivity (Wildman–Crippen MR) is 77.2 cm³/mol. The van der Waals surface area contributed by atoms with Crippen LogP contribution in [0.25, 0.3) is 5.65 Å². The second kappa shape index (κ2) is 4.95. The van der Waals surface area contributed by atoms with Gasteiger partial charge in [0.05, 0.1) is 6.20 Å². The molecule has 1 saturated heterocycles. The van der Waals surface area contributed by atoms with Crippen molar-refractivity contribution in [2.24, 2.45) is 5.92 Å². The van der Waals surface area contributed by atoms with Gasteiger partial charge in [0, 0.05) is 36.8 Å². The Hall–Kier alpha value is -2.24. The van der Waals surface area contributed by atoms with Crippen LogP contribution in [0.15, 0.2) is 12.3 Å². The molecule has 3 rings (SSSR count). The van der Waals surface area contributed by atoms with Gasteiger partial charge < -0.3 is 4.90 Å². The number of amides is 1. The van der Waals surface area contributed by atoms with Crippen LogP contribution < -0.4 is 0 Å². The number of ketones is 1. The molecule has 1 aliphatic heterocycles. The van der Waals surface area contributed by atoms with E-state index >= 15 is 0 Å². The van der Waals surface area contributed by atoms with Gasteiger partial charge in [0.1, 0.15) is 11.3 Å². The van der Waals surface area contributed by atoms with E-state index < -0.39 is 0 Å². The van der Waals surface area contributed by atoms with Crippen LogP contribution in [0.3, 0.4) is 0 Å². The number of likely N-dealkylation sites (tertiary alicyclic amines) is 1. The lowest BCUT2D eigenvalue weighted by atomic mass is 9.98. The van der Waals surface area contributed by atoms with Crippen LogP contribution in [0.4, 0.5) is 0 Å². The number of Topliss-reactive ketones (excluding diaryl/α,β-unsaturated/α-hetero) is 1. The largest absolute Gasteiger partial charge is 0.337 e. The number of hydrogen-bond acceptors (Lipinski definition) is 4. The minimum atomic E-state index is -0.0963. The molecule has 1 unspecified atom stereocenters. The molecule has 6 heteroatoms. The van der Waals surface area contributed by atoms with Gasteiger partial charge in [0.25, 0.3) is 5.91 Å². The van der Waals surface area contributed by atoms with Crippen molar-refractivity contribution in [3.8, 4) is 0 Å². The Morgan fingerprint density at radius 1 is 1.38 bits per heavy atom. The monoisotopic (exact) mass is 286 g/mol. The van der Waals surface area contributed by atoms with Crippen molar-refractivity contribution in [3.63, 3.8) is 0 Å². The fourth-order valence-electron chi connectivity index (χ4n) is 2.79. The van der Waals surface area contributed by atoms with Crippen LogP contribution in [-0.4, -0.2) is 44.3 Å². The van der Waals surface area contributed by atoms with Crippen LogP contribution in [-0.2, 0) is 4.79 Å². The minimum absolute atomic E-state index is 0.0955. The number of aromatic nitrogens is 3. The highest BCUT2D eigenvalue weighted by Crippen LogP contribution is 2.18. The summed E-state index contributed by atoms with van der Waals surface area (Å²) < 4.78 is 1.68. The fourth-order valence-corrected chi connectivity index (χ4v) is 2.79. The second-order valence-electron chi connectivity index (χ2n) is 5.70. The molecule has 0 saturated carbocycles. The molecule has 1 fully saturated rings. The SMILES string of the molecule is Cc1cc(C)n2ncc(C(=O)N3CCC(=O)C(C)C3)c2n1. The fraction of sp³-hybridized carbons (Fsp3) is 0.467. The Morgan fingerprint density at radius 2 is 2.14 bits per heavy atom. The van der Waals surface area contributed by atoms with Crippen LogP contribution in [0.5, 0.6) is 0 Å². The number of carbonyl (C=O) groups is 2. The molecule has 1 aliphatic rings. The van der Waals surface area contributed by atoms with Gasteiger partial charge in [0.2, 0.25) is 0 Å². The highest BCUT2D eigenvalue weighted by Gasteiger charge is 2.29. The van der Waals surface area contributed by atoms with E-state index in [1.54, 1.807) is 15.6 Å². The topological polar surface area (TPSA) is 67.6 Å². The van der Waals surface area contributed by atoms with Gasteiger partial charge in [-0.2, -0.15) is 5.10 Å². The van der Waals surface area contributed by atoms with Crippen LogP contribution >= 0.6 is 0 Å². The average Bonchev–Trinajstić information content (AvgIpc) is 2.85. The van der Waals surface area contributed by atoms with Gasteiger partial charge in [-0.25, -0.2) is 9.50 Å². The third-order valence-corrected chi connectivity index (χ3v) is 3.97. The molecule has 0 bridgehead atoms. The maximum Gasteiger partial charge on any atom is 0.259 e. The smallest absolute Gasteiger partial charge is 0.259 e. The lowest BCUT2D eigenvalue weighted by molar-refractivity contribution is -0.124. The van der Waals surface area contributed by atoms with E-state index in [-0.39, 0.29) is 17.6 Å². The first-order valence-electron chi connectivity index (χ1n) is 7.11. The molecule has 0 N–H and O–H groups in total. The predicted octanol–water partition coefficient (Wildman–Crippen LogP) is 1.40. The van der Waals surface area contributed by atoms with Crippen molar-refractivity contribution in [2.75, 3.05) is 13.1 Å². The maximum absolute atomic E-state index is 12.7. The lowest BCUT2D eigenvalue weighted by Gasteiger charge is -2.29. The summed E-state index contributed by atoms with van der Waals surface area (Å²) in [6.45, 7) is 6.65. The highest BCUT2D eigenvalue weighted by molar-refractivity contribution is 6.00. The quantitative estimate of drug-likeness (QED) is 0.794. The number of piperidine rings is 1. The van der Waals surface area contributed by atoms with E-state index in [1.165, 1.54) is 0 Å². The molecule has 0 spiro atoms. The Morgan fingerprint density at radius 3 is 2.86 bits per heavy atom. The summed E-state index contributed by atoms with van der Waals surface area (Å²) in [5, 5.41) is 4.25. The van der Waals surface area contributed by atoms with Gasteiger partial charge >= 0.3 is 0 Å². The number of fused-ring (bicyclic) bond motifs is 1. The molecule has 21 heavy (non-hydrogen) atoms. The van der Waals surface area contributed by atoms with Crippen molar-refractivity contribution >= 4 is 17.3 Å². The maximum atomic E-state index is 12.7. The molecule has 2 aromatic rings. The van der Waals surface area contributed by atoms with Gasteiger partial charge in [-0.05, 0) is 19.9 Å². The Balaban J connectivity index is 1.97. The van der Waals surface area contributed by atoms with Crippen molar-refractivity contribution in [2.45, 2.75) is 27.2 Å². The normalized spacial score (nSPS) is 19.3. The van der Waals surface area contributed by atoms with Crippen LogP contribution in [0.1, 0.15) is 35.1 Å². The lowest BCUT2D eigenvalue weighted by Crippen LogP contribution is -2.43. The van der Waals surface area contributed by atoms with Crippen molar-refractivity contribution in [1.29, 1.82) is 0 Å². The summed E-state index contributed by atoms with van der Waals surface area (Å²) in [5.41, 5.74) is 2.89. The molecule has 110 valence electrons. The second-order valence-corrected chi connectivity index (χ2v) is 5.70. The van der Waals surface area contributed by atoms with Gasteiger partial charge in [-0.15, -0.1) is 0 Å². The molecule has 0 aliphatic carbocycles. The zero-order chi connectivity index (χ0) is 15.1. The summed E-state index contributed by atoms with van der Waals surface area (Å²) in [6, 6.07) is 1.93. The molecule has 0 radical (unpaired) electrons. The molecule has 0 aromatic carbocycles. The number of rotatable bonds is 1. The number of hydrogen-bond donors (Lipinski definition) is 0. The Labute approximate surface area is 122 Å². The summed E-state index contributed by atoms with van der Waals surface area (Å²) in [5.74, 6) is 0.0338. The third-order valence-electron chi connectivity index (χ3n) is 3.97. The summed E-state index contributed by atoms with van der Waals surface area (Å²) in [7, 11) is 0. The molecule has 3 heterocycles. The number of carbonyl (C=O) groups excluding carboxylic acids is 2. The van der Waals surface area contributed by atoms with Gasteiger partial charge in [-0.3, -0.25) is 9.59 Å². The summed E-state index contributed by atoms with van der Waals surface area (Å²) in [6.07, 6.45) is 2.00. The minimum Gasteiger partial charge on any atom is -0.337 e. The van der Waals surface area contributed by atoms with E-state index in [2.05, 4.69) is 10.1 Å². The van der Waals surface area contributed by atoms with Crippen LogP contribution in [0.2, 0.25) is 0 Å². The van der Waals surface area contributed by atoms with E-state index in [4.69, 9.17) is 0 Å². The Kier molecular flexibility index (Phi) is 3.23. The molecular formula is C15H18N4O2. The molecule has 1 amide bonds. The first kappa shape index (κ1) is 13.7. The van der Waals surface area contributed by atoms with E-state index in [0.29, 0.717) is 30.7 Å². The standard InChI is InChI=1S/C15H18N4O2/c1-9-8-18(5-4-13(9)20)15(21)12-7-16-19-11(3)6-10(2)17-14(12)19/h6-7,9H,4-5,8H2,1-3H3. The van der Waals surface area contributed by atoms with E-state index in [1.807, 2.05) is 26.8 Å². The van der Waals surface area contributed by atoms with Gasteiger partial charge in [-0.1, -0.05) is 6.92 Å². The zero-order valence-corrected chi connectivity index (χ0v) is 12.5. The first-order chi connectivity index (χ1) is 9.97. The van der Waals surface area contributed by atoms with Crippen molar-refractivity contribution in [1.82, 2.24) is 19.5 Å². The third kappa shape index (κ3) is 2.30. The van der Waals surface area contributed by atoms with E-state index in [9.17, 15) is 9.59 Å². The van der Waals surface area contributed by atoms with Crippen LogP contribution in [0, 0.1) is 19.8 Å². The van der Waals surface area contributed by atoms with Crippen molar-refractivity contribution in [3.05, 3.63) is 29.2 Å². The van der Waals surface area contributed by atoms with E-state index in [0.717, 1.165) is 11.4 Å². The molecule has 1 atom stereocenters. The first-order valence-corrected chi connectivity index (χ1v) is 7.11. The molecule has 2 aromatic heterocycles. The number of aryl methyl sites for hydroxylation is 2. The van der Waals surface area contributed by atoms with Crippen molar-refractivity contribution < 1.29 is 9.59 Å². The number of nitrogens with zero attached hydrogens (tertiary/aromatic N) is 4. The molecule has 6 nitrogen and oxygen atoms in total. The zero-order valence-electron chi connectivity index (χ0n) is 12.5. The highest BCUT2D eigenvalue weighted by atomic mass is 16.2. The Bertz CT molecular complexity index is 735. The molecular weight excluding hydrogens is 268 g/mol. The average molecular weight is 286 g/mol. The summed E-state index contributed by atoms with van der Waals surface area (Å²) >= 11 is 0. The van der Waals surface area contributed by atoms with Gasteiger partial charge in [0.15, 0.2) is 5.65 Å².